The van der Waals surface area contributed by atoms with Crippen molar-refractivity contribution >= 4 is 23.4 Å². The van der Waals surface area contributed by atoms with E-state index in [9.17, 15) is 9.59 Å². The molecule has 0 bridgehead atoms. The highest BCUT2D eigenvalue weighted by Gasteiger charge is 2.23. The third kappa shape index (κ3) is 4.68. The summed E-state index contributed by atoms with van der Waals surface area (Å²) in [5.41, 5.74) is 8.14. The number of hydrogen-bond acceptors (Lipinski definition) is 5. The average Bonchev–Trinajstić information content (AvgIpc) is 2.68. The lowest BCUT2D eigenvalue weighted by molar-refractivity contribution is -0.145. The van der Waals surface area contributed by atoms with Crippen LogP contribution >= 0.6 is 0 Å². The molecule has 0 spiro atoms. The minimum absolute atomic E-state index is 0.0390. The van der Waals surface area contributed by atoms with Crippen LogP contribution in [-0.4, -0.2) is 30.4 Å². The van der Waals surface area contributed by atoms with Gasteiger partial charge in [-0.2, -0.15) is 0 Å². The molecule has 2 aromatic carbocycles. The average molecular weight is 381 g/mol. The summed E-state index contributed by atoms with van der Waals surface area (Å²) in [7, 11) is 0. The zero-order chi connectivity index (χ0) is 20.1. The second-order valence-corrected chi connectivity index (χ2v) is 6.56. The standard InChI is InChI=1S/C21H23N3O4/c1-2-27-19(25)12-17-9-7-15-11-16(8-10-18(15)28-17)24-21(26)14-5-3-13(4-6-14)20(22)23/h3-6,8,10-11,17H,2,7,9,12H2,1H3,(H3,22,23)(H,24,26)/t17-/m0/s1. The van der Waals surface area contributed by atoms with Crippen LogP contribution in [0.15, 0.2) is 42.5 Å². The molecule has 0 radical (unpaired) electrons. The zero-order valence-electron chi connectivity index (χ0n) is 15.7. The van der Waals surface area contributed by atoms with Gasteiger partial charge in [-0.3, -0.25) is 15.0 Å². The number of hydrogen-bond donors (Lipinski definition) is 3. The summed E-state index contributed by atoms with van der Waals surface area (Å²) in [4.78, 5) is 24.0. The van der Waals surface area contributed by atoms with Gasteiger partial charge in [0.2, 0.25) is 0 Å². The largest absolute Gasteiger partial charge is 0.490 e. The fourth-order valence-electron chi connectivity index (χ4n) is 3.08. The number of aryl methyl sites for hydroxylation is 1. The van der Waals surface area contributed by atoms with Crippen LogP contribution in [0.1, 0.15) is 41.3 Å². The highest BCUT2D eigenvalue weighted by atomic mass is 16.5. The second-order valence-electron chi connectivity index (χ2n) is 6.56. The van der Waals surface area contributed by atoms with E-state index in [-0.39, 0.29) is 30.2 Å². The molecular formula is C21H23N3O4. The van der Waals surface area contributed by atoms with Crippen molar-refractivity contribution in [1.82, 2.24) is 0 Å². The lowest BCUT2D eigenvalue weighted by atomic mass is 10.00. The molecule has 0 unspecified atom stereocenters. The van der Waals surface area contributed by atoms with Gasteiger partial charge in [0.25, 0.3) is 5.91 Å². The van der Waals surface area contributed by atoms with E-state index in [0.29, 0.717) is 23.4 Å². The first kappa shape index (κ1) is 19.4. The van der Waals surface area contributed by atoms with Crippen molar-refractivity contribution in [3.63, 3.8) is 0 Å². The molecular weight excluding hydrogens is 358 g/mol. The van der Waals surface area contributed by atoms with E-state index in [1.54, 1.807) is 43.3 Å². The highest BCUT2D eigenvalue weighted by Crippen LogP contribution is 2.31. The van der Waals surface area contributed by atoms with Gasteiger partial charge in [0.05, 0.1) is 13.0 Å². The van der Waals surface area contributed by atoms with Crippen molar-refractivity contribution in [3.05, 3.63) is 59.2 Å². The molecule has 0 saturated heterocycles. The molecule has 0 aliphatic carbocycles. The summed E-state index contributed by atoms with van der Waals surface area (Å²) >= 11 is 0. The molecule has 0 fully saturated rings. The van der Waals surface area contributed by atoms with E-state index in [2.05, 4.69) is 5.32 Å². The number of anilines is 1. The third-order valence-corrected chi connectivity index (χ3v) is 4.51. The van der Waals surface area contributed by atoms with Gasteiger partial charge in [-0.15, -0.1) is 0 Å². The number of carbonyl (C=O) groups excluding carboxylic acids is 2. The maximum atomic E-state index is 12.4. The molecule has 1 amide bonds. The number of nitrogens with two attached hydrogens (primary N) is 1. The first-order chi connectivity index (χ1) is 13.5. The van der Waals surface area contributed by atoms with E-state index in [0.717, 1.165) is 24.2 Å². The Bertz CT molecular complexity index is 893. The number of nitrogens with one attached hydrogen (secondary N) is 2. The number of amides is 1. The Morgan fingerprint density at radius 3 is 2.61 bits per heavy atom. The molecule has 4 N–H and O–H groups in total. The SMILES string of the molecule is CCOC(=O)C[C@@H]1CCc2cc(NC(=O)c3ccc(C(=N)N)cc3)ccc2O1. The van der Waals surface area contributed by atoms with E-state index in [1.165, 1.54) is 0 Å². The normalized spacial score (nSPS) is 15.1. The van der Waals surface area contributed by atoms with E-state index in [4.69, 9.17) is 20.6 Å². The number of ether oxygens (including phenoxy) is 2. The first-order valence-corrected chi connectivity index (χ1v) is 9.17. The Kier molecular flexibility index (Phi) is 5.93. The molecule has 3 rings (SSSR count). The van der Waals surface area contributed by atoms with Crippen LogP contribution in [0.25, 0.3) is 0 Å². The van der Waals surface area contributed by atoms with Gasteiger partial charge in [-0.05, 0) is 55.7 Å². The van der Waals surface area contributed by atoms with Gasteiger partial charge in [0, 0.05) is 16.8 Å². The summed E-state index contributed by atoms with van der Waals surface area (Å²) in [6, 6.07) is 12.0. The fraction of sp³-hybridized carbons (Fsp3) is 0.286. The number of fused-ring (bicyclic) bond motifs is 1. The third-order valence-electron chi connectivity index (χ3n) is 4.51. The number of carbonyl (C=O) groups is 2. The summed E-state index contributed by atoms with van der Waals surface area (Å²) in [6.45, 7) is 2.14. The lowest BCUT2D eigenvalue weighted by Gasteiger charge is -2.26. The van der Waals surface area contributed by atoms with E-state index >= 15 is 0 Å². The highest BCUT2D eigenvalue weighted by molar-refractivity contribution is 6.05. The van der Waals surface area contributed by atoms with Crippen molar-refractivity contribution < 1.29 is 19.1 Å². The molecule has 7 heteroatoms. The Morgan fingerprint density at radius 2 is 1.93 bits per heavy atom. The maximum Gasteiger partial charge on any atom is 0.309 e. The fourth-order valence-corrected chi connectivity index (χ4v) is 3.08. The summed E-state index contributed by atoms with van der Waals surface area (Å²) in [6.07, 6.45) is 1.53. The van der Waals surface area contributed by atoms with Crippen molar-refractivity contribution in [3.8, 4) is 5.75 Å². The van der Waals surface area contributed by atoms with Crippen LogP contribution in [-0.2, 0) is 16.0 Å². The zero-order valence-corrected chi connectivity index (χ0v) is 15.7. The molecule has 1 aliphatic rings. The molecule has 1 heterocycles. The number of esters is 1. The van der Waals surface area contributed by atoms with Gasteiger partial charge >= 0.3 is 5.97 Å². The Hall–Kier alpha value is -3.35. The molecule has 0 aromatic heterocycles. The van der Waals surface area contributed by atoms with Gasteiger partial charge in [-0.1, -0.05) is 12.1 Å². The van der Waals surface area contributed by atoms with Gasteiger partial charge in [-0.25, -0.2) is 0 Å². The van der Waals surface area contributed by atoms with E-state index < -0.39 is 0 Å². The predicted molar refractivity (Wildman–Crippen MR) is 106 cm³/mol. The lowest BCUT2D eigenvalue weighted by Crippen LogP contribution is -2.26. The van der Waals surface area contributed by atoms with Gasteiger partial charge < -0.3 is 20.5 Å². The van der Waals surface area contributed by atoms with Crippen LogP contribution in [0.3, 0.4) is 0 Å². The predicted octanol–water partition coefficient (Wildman–Crippen LogP) is 2.87. The van der Waals surface area contributed by atoms with Gasteiger partial charge in [0.15, 0.2) is 0 Å². The molecule has 146 valence electrons. The molecule has 0 saturated carbocycles. The number of benzene rings is 2. The van der Waals surface area contributed by atoms with E-state index in [1.807, 2.05) is 6.07 Å². The smallest absolute Gasteiger partial charge is 0.309 e. The minimum Gasteiger partial charge on any atom is -0.490 e. The minimum atomic E-state index is -0.254. The maximum absolute atomic E-state index is 12.4. The van der Waals surface area contributed by atoms with Crippen molar-refractivity contribution in [2.75, 3.05) is 11.9 Å². The Labute approximate surface area is 163 Å². The topological polar surface area (TPSA) is 114 Å². The quantitative estimate of drug-likeness (QED) is 0.404. The monoisotopic (exact) mass is 381 g/mol. The van der Waals surface area contributed by atoms with Crippen LogP contribution in [0, 0.1) is 5.41 Å². The summed E-state index contributed by atoms with van der Waals surface area (Å²) in [5.74, 6) is 0.190. The number of rotatable bonds is 6. The van der Waals surface area contributed by atoms with Gasteiger partial charge in [0.1, 0.15) is 17.7 Å². The Morgan fingerprint density at radius 1 is 1.21 bits per heavy atom. The van der Waals surface area contributed by atoms with Crippen molar-refractivity contribution in [2.24, 2.45) is 5.73 Å². The van der Waals surface area contributed by atoms with Crippen LogP contribution in [0.4, 0.5) is 5.69 Å². The molecule has 28 heavy (non-hydrogen) atoms. The van der Waals surface area contributed by atoms with Crippen LogP contribution in [0.2, 0.25) is 0 Å². The molecule has 1 aliphatic heterocycles. The second kappa shape index (κ2) is 8.56. The van der Waals surface area contributed by atoms with Crippen molar-refractivity contribution in [2.45, 2.75) is 32.3 Å². The summed E-state index contributed by atoms with van der Waals surface area (Å²) < 4.78 is 10.9. The molecule has 2 aromatic rings. The first-order valence-electron chi connectivity index (χ1n) is 9.17. The molecule has 7 nitrogen and oxygen atoms in total. The van der Waals surface area contributed by atoms with Crippen LogP contribution < -0.4 is 15.8 Å². The molecule has 1 atom stereocenters. The Balaban J connectivity index is 1.63. The number of nitrogen functional groups attached to an aromatic ring is 1. The summed E-state index contributed by atoms with van der Waals surface area (Å²) in [5, 5.41) is 10.3. The number of amidine groups is 1. The van der Waals surface area contributed by atoms with Crippen molar-refractivity contribution in [1.29, 1.82) is 5.41 Å². The van der Waals surface area contributed by atoms with Crippen LogP contribution in [0.5, 0.6) is 5.75 Å².